The summed E-state index contributed by atoms with van der Waals surface area (Å²) in [6.45, 7) is 3.24. The van der Waals surface area contributed by atoms with Crippen LogP contribution in [0.25, 0.3) is 0 Å². The Balaban J connectivity index is 1.56. The van der Waals surface area contributed by atoms with Gasteiger partial charge in [-0.05, 0) is 35.7 Å². The number of nitrogens with one attached hydrogen (secondary N) is 2. The third-order valence-electron chi connectivity index (χ3n) is 5.35. The summed E-state index contributed by atoms with van der Waals surface area (Å²) in [7, 11) is 1.73. The Bertz CT molecular complexity index is 992. The lowest BCUT2D eigenvalue weighted by Gasteiger charge is -2.24. The van der Waals surface area contributed by atoms with Crippen molar-refractivity contribution in [3.05, 3.63) is 89.6 Å². The molecule has 0 fully saturated rings. The second kappa shape index (κ2) is 12.7. The first-order valence-corrected chi connectivity index (χ1v) is 11.1. The lowest BCUT2D eigenvalue weighted by molar-refractivity contribution is -0.0277. The molecule has 3 rings (SSSR count). The number of methoxy groups -OCH3 is 1. The zero-order valence-corrected chi connectivity index (χ0v) is 19.2. The number of hydrogen-bond acceptors (Lipinski definition) is 6. The fourth-order valence-electron chi connectivity index (χ4n) is 3.38. The van der Waals surface area contributed by atoms with Crippen LogP contribution in [0.15, 0.2) is 72.9 Å². The summed E-state index contributed by atoms with van der Waals surface area (Å²) in [6.07, 6.45) is 3.18. The van der Waals surface area contributed by atoms with Crippen molar-refractivity contribution in [1.82, 2.24) is 10.3 Å². The Kier molecular flexibility index (Phi) is 9.38. The lowest BCUT2D eigenvalue weighted by Crippen LogP contribution is -2.35. The Hall–Kier alpha value is -3.26. The number of carbonyl (C=O) groups is 1. The van der Waals surface area contributed by atoms with E-state index < -0.39 is 0 Å². The number of amides is 1. The molecule has 174 valence electrons. The standard InChI is InChI=1S/C26H32N4O3/c1-3-23(32-2)16-25(33-18-20-7-5-4-6-8-20)29-17-19-9-11-21(12-10-19)26(31)30-22-13-14-28-24(27)15-22/h4-15,23,25,29H,3,16-18H2,1-2H3,(H3,27,28,30,31). The van der Waals surface area contributed by atoms with Gasteiger partial charge in [-0.15, -0.1) is 0 Å². The van der Waals surface area contributed by atoms with Crippen LogP contribution in [0.2, 0.25) is 0 Å². The first-order valence-electron chi connectivity index (χ1n) is 11.1. The average molecular weight is 449 g/mol. The predicted molar refractivity (Wildman–Crippen MR) is 131 cm³/mol. The number of nitrogens with zero attached hydrogens (tertiary/aromatic N) is 1. The highest BCUT2D eigenvalue weighted by Crippen LogP contribution is 2.14. The first kappa shape index (κ1) is 24.4. The third kappa shape index (κ3) is 7.98. The van der Waals surface area contributed by atoms with E-state index in [1.807, 2.05) is 30.3 Å². The van der Waals surface area contributed by atoms with Gasteiger partial charge in [-0.1, -0.05) is 49.4 Å². The van der Waals surface area contributed by atoms with Gasteiger partial charge >= 0.3 is 0 Å². The van der Waals surface area contributed by atoms with Gasteiger partial charge < -0.3 is 20.5 Å². The molecule has 3 aromatic rings. The molecule has 1 heterocycles. The molecule has 0 saturated carbocycles. The van der Waals surface area contributed by atoms with Crippen LogP contribution < -0.4 is 16.4 Å². The molecule has 1 amide bonds. The summed E-state index contributed by atoms with van der Waals surface area (Å²) in [5, 5.41) is 6.30. The van der Waals surface area contributed by atoms with Crippen molar-refractivity contribution in [2.75, 3.05) is 18.2 Å². The lowest BCUT2D eigenvalue weighted by atomic mass is 10.1. The molecule has 0 bridgehead atoms. The van der Waals surface area contributed by atoms with E-state index in [2.05, 4.69) is 34.7 Å². The van der Waals surface area contributed by atoms with Gasteiger partial charge in [0.05, 0.1) is 12.7 Å². The van der Waals surface area contributed by atoms with Crippen molar-refractivity contribution < 1.29 is 14.3 Å². The van der Waals surface area contributed by atoms with Gasteiger partial charge in [-0.25, -0.2) is 4.98 Å². The molecule has 2 atom stereocenters. The number of benzene rings is 2. The minimum absolute atomic E-state index is 0.117. The predicted octanol–water partition coefficient (Wildman–Crippen LogP) is 4.36. The third-order valence-corrected chi connectivity index (χ3v) is 5.35. The quantitative estimate of drug-likeness (QED) is 0.356. The van der Waals surface area contributed by atoms with Crippen molar-refractivity contribution in [3.8, 4) is 0 Å². The number of nitrogens with two attached hydrogens (primary N) is 1. The van der Waals surface area contributed by atoms with Gasteiger partial charge in [0.2, 0.25) is 0 Å². The van der Waals surface area contributed by atoms with Gasteiger partial charge in [0.15, 0.2) is 0 Å². The van der Waals surface area contributed by atoms with Crippen molar-refractivity contribution >= 4 is 17.4 Å². The highest BCUT2D eigenvalue weighted by Gasteiger charge is 2.16. The Morgan fingerprint density at radius 1 is 1.06 bits per heavy atom. The second-order valence-electron chi connectivity index (χ2n) is 7.79. The molecule has 2 aromatic carbocycles. The van der Waals surface area contributed by atoms with Gasteiger partial charge in [0.25, 0.3) is 5.91 Å². The van der Waals surface area contributed by atoms with Crippen molar-refractivity contribution in [2.45, 2.75) is 45.2 Å². The maximum Gasteiger partial charge on any atom is 0.255 e. The molecule has 0 saturated heterocycles. The van der Waals surface area contributed by atoms with E-state index in [4.69, 9.17) is 15.2 Å². The molecular weight excluding hydrogens is 416 g/mol. The molecule has 0 aliphatic rings. The van der Waals surface area contributed by atoms with Crippen LogP contribution in [0.5, 0.6) is 0 Å². The Morgan fingerprint density at radius 2 is 1.82 bits per heavy atom. The summed E-state index contributed by atoms with van der Waals surface area (Å²) in [6, 6.07) is 20.9. The van der Waals surface area contributed by atoms with E-state index in [0.29, 0.717) is 30.2 Å². The van der Waals surface area contributed by atoms with Crippen molar-refractivity contribution in [1.29, 1.82) is 0 Å². The number of hydrogen-bond donors (Lipinski definition) is 3. The van der Waals surface area contributed by atoms with Crippen molar-refractivity contribution in [2.24, 2.45) is 0 Å². The molecule has 2 unspecified atom stereocenters. The fourth-order valence-corrected chi connectivity index (χ4v) is 3.38. The molecule has 0 aliphatic heterocycles. The van der Waals surface area contributed by atoms with E-state index in [1.54, 1.807) is 37.6 Å². The molecule has 1 aromatic heterocycles. The maximum atomic E-state index is 12.5. The van der Waals surface area contributed by atoms with Gasteiger partial charge in [0.1, 0.15) is 12.0 Å². The highest BCUT2D eigenvalue weighted by atomic mass is 16.5. The first-order chi connectivity index (χ1) is 16.1. The number of nitrogen functional groups attached to an aromatic ring is 1. The van der Waals surface area contributed by atoms with Crippen LogP contribution in [0.1, 0.15) is 41.3 Å². The van der Waals surface area contributed by atoms with E-state index in [9.17, 15) is 4.79 Å². The fraction of sp³-hybridized carbons (Fsp3) is 0.308. The molecule has 7 nitrogen and oxygen atoms in total. The summed E-state index contributed by atoms with van der Waals surface area (Å²) in [5.41, 5.74) is 9.02. The van der Waals surface area contributed by atoms with E-state index in [1.165, 1.54) is 0 Å². The van der Waals surface area contributed by atoms with Gasteiger partial charge in [-0.3, -0.25) is 10.1 Å². The van der Waals surface area contributed by atoms with Crippen LogP contribution in [-0.4, -0.2) is 30.3 Å². The second-order valence-corrected chi connectivity index (χ2v) is 7.79. The minimum atomic E-state index is -0.199. The van der Waals surface area contributed by atoms with E-state index in [-0.39, 0.29) is 18.2 Å². The van der Waals surface area contributed by atoms with Crippen molar-refractivity contribution in [3.63, 3.8) is 0 Å². The largest absolute Gasteiger partial charge is 0.384 e. The SMILES string of the molecule is CCC(CC(NCc1ccc(C(=O)Nc2ccnc(N)c2)cc1)OCc1ccccc1)OC. The number of anilines is 2. The summed E-state index contributed by atoms with van der Waals surface area (Å²) in [4.78, 5) is 16.4. The molecule has 0 radical (unpaired) electrons. The number of aromatic nitrogens is 1. The van der Waals surface area contributed by atoms with Gasteiger partial charge in [-0.2, -0.15) is 0 Å². The smallest absolute Gasteiger partial charge is 0.255 e. The van der Waals surface area contributed by atoms with Crippen LogP contribution in [0, 0.1) is 0 Å². The topological polar surface area (TPSA) is 98.5 Å². The highest BCUT2D eigenvalue weighted by molar-refractivity contribution is 6.04. The zero-order chi connectivity index (χ0) is 23.5. The number of carbonyl (C=O) groups excluding carboxylic acids is 1. The summed E-state index contributed by atoms with van der Waals surface area (Å²) in [5.74, 6) is 0.159. The number of rotatable bonds is 12. The molecular formula is C26H32N4O3. The maximum absolute atomic E-state index is 12.5. The Morgan fingerprint density at radius 3 is 2.48 bits per heavy atom. The summed E-state index contributed by atoms with van der Waals surface area (Å²) >= 11 is 0. The Labute approximate surface area is 195 Å². The molecule has 33 heavy (non-hydrogen) atoms. The van der Waals surface area contributed by atoms with E-state index >= 15 is 0 Å². The number of ether oxygens (including phenoxy) is 2. The van der Waals surface area contributed by atoms with Crippen LogP contribution in [-0.2, 0) is 22.6 Å². The molecule has 0 spiro atoms. The molecule has 4 N–H and O–H groups in total. The normalized spacial score (nSPS) is 12.8. The molecule has 0 aliphatic carbocycles. The zero-order valence-electron chi connectivity index (χ0n) is 19.2. The monoisotopic (exact) mass is 448 g/mol. The number of pyridine rings is 1. The van der Waals surface area contributed by atoms with Crippen LogP contribution in [0.4, 0.5) is 11.5 Å². The summed E-state index contributed by atoms with van der Waals surface area (Å²) < 4.78 is 11.7. The van der Waals surface area contributed by atoms with E-state index in [0.717, 1.165) is 24.0 Å². The van der Waals surface area contributed by atoms with Gasteiger partial charge in [0, 0.05) is 43.6 Å². The van der Waals surface area contributed by atoms with Crippen LogP contribution in [0.3, 0.4) is 0 Å². The minimum Gasteiger partial charge on any atom is -0.384 e. The average Bonchev–Trinajstić information content (AvgIpc) is 2.84. The molecule has 7 heteroatoms. The van der Waals surface area contributed by atoms with Crippen LogP contribution >= 0.6 is 0 Å².